The number of thiocarbonyl (C=S) groups is 1. The SMILES string of the molecule is CCOc1cc(C(=S)N2CCCCC2)cc(Br)c1OCc1ccc(C)cc1. The van der Waals surface area contributed by atoms with Crippen LogP contribution in [0.2, 0.25) is 0 Å². The van der Waals surface area contributed by atoms with E-state index < -0.39 is 0 Å². The lowest BCUT2D eigenvalue weighted by Gasteiger charge is -2.29. The zero-order chi connectivity index (χ0) is 19.2. The maximum Gasteiger partial charge on any atom is 0.175 e. The van der Waals surface area contributed by atoms with Crippen molar-refractivity contribution in [3.05, 3.63) is 57.6 Å². The number of nitrogens with zero attached hydrogens (tertiary/aromatic N) is 1. The summed E-state index contributed by atoms with van der Waals surface area (Å²) in [6.45, 7) is 7.20. The van der Waals surface area contributed by atoms with Crippen molar-refractivity contribution in [2.45, 2.75) is 39.7 Å². The Morgan fingerprint density at radius 1 is 1.07 bits per heavy atom. The number of hydrogen-bond donors (Lipinski definition) is 0. The van der Waals surface area contributed by atoms with Gasteiger partial charge in [0.05, 0.1) is 11.1 Å². The van der Waals surface area contributed by atoms with E-state index in [0.717, 1.165) is 45.2 Å². The van der Waals surface area contributed by atoms with Gasteiger partial charge in [-0.05, 0) is 66.7 Å². The van der Waals surface area contributed by atoms with Crippen molar-refractivity contribution in [1.29, 1.82) is 0 Å². The van der Waals surface area contributed by atoms with Gasteiger partial charge in [-0.25, -0.2) is 0 Å². The summed E-state index contributed by atoms with van der Waals surface area (Å²) in [5, 5.41) is 0. The average Bonchev–Trinajstić information content (AvgIpc) is 2.69. The van der Waals surface area contributed by atoms with E-state index in [2.05, 4.69) is 52.0 Å². The van der Waals surface area contributed by atoms with E-state index in [1.165, 1.54) is 24.8 Å². The molecule has 1 aliphatic heterocycles. The number of aryl methyl sites for hydroxylation is 1. The fourth-order valence-electron chi connectivity index (χ4n) is 3.21. The number of hydrogen-bond acceptors (Lipinski definition) is 3. The molecule has 1 heterocycles. The molecule has 0 amide bonds. The molecule has 2 aromatic rings. The minimum absolute atomic E-state index is 0.495. The molecular weight excluding hydrogens is 422 g/mol. The molecule has 27 heavy (non-hydrogen) atoms. The smallest absolute Gasteiger partial charge is 0.175 e. The van der Waals surface area contributed by atoms with Gasteiger partial charge in [-0.1, -0.05) is 42.0 Å². The molecule has 0 aliphatic carbocycles. The summed E-state index contributed by atoms with van der Waals surface area (Å²) in [6.07, 6.45) is 3.70. The highest BCUT2D eigenvalue weighted by Crippen LogP contribution is 2.38. The highest BCUT2D eigenvalue weighted by molar-refractivity contribution is 9.10. The first-order valence-electron chi connectivity index (χ1n) is 9.52. The third-order valence-corrected chi connectivity index (χ3v) is 5.79. The summed E-state index contributed by atoms with van der Waals surface area (Å²) < 4.78 is 12.8. The fraction of sp³-hybridized carbons (Fsp3) is 0.409. The lowest BCUT2D eigenvalue weighted by molar-refractivity contribution is 0.267. The van der Waals surface area contributed by atoms with Gasteiger partial charge in [0, 0.05) is 18.7 Å². The Labute approximate surface area is 175 Å². The molecule has 144 valence electrons. The van der Waals surface area contributed by atoms with Crippen LogP contribution in [0.15, 0.2) is 40.9 Å². The highest BCUT2D eigenvalue weighted by Gasteiger charge is 2.19. The van der Waals surface area contributed by atoms with Crippen molar-refractivity contribution in [2.75, 3.05) is 19.7 Å². The molecule has 3 rings (SSSR count). The minimum atomic E-state index is 0.495. The third kappa shape index (κ3) is 5.23. The minimum Gasteiger partial charge on any atom is -0.490 e. The number of halogens is 1. The van der Waals surface area contributed by atoms with Gasteiger partial charge in [-0.15, -0.1) is 0 Å². The first kappa shape index (κ1) is 20.2. The number of ether oxygens (including phenoxy) is 2. The molecule has 3 nitrogen and oxygen atoms in total. The number of piperidine rings is 1. The molecule has 0 saturated carbocycles. The topological polar surface area (TPSA) is 21.7 Å². The van der Waals surface area contributed by atoms with E-state index in [0.29, 0.717) is 13.2 Å². The van der Waals surface area contributed by atoms with E-state index in [1.54, 1.807) is 0 Å². The normalized spacial score (nSPS) is 14.1. The van der Waals surface area contributed by atoms with Crippen molar-refractivity contribution >= 4 is 33.1 Å². The van der Waals surface area contributed by atoms with Crippen molar-refractivity contribution in [3.8, 4) is 11.5 Å². The molecule has 0 spiro atoms. The molecule has 1 aliphatic rings. The molecule has 1 saturated heterocycles. The second-order valence-corrected chi connectivity index (χ2v) is 8.09. The van der Waals surface area contributed by atoms with Crippen LogP contribution in [0.5, 0.6) is 11.5 Å². The molecule has 0 aromatic heterocycles. The van der Waals surface area contributed by atoms with Gasteiger partial charge < -0.3 is 14.4 Å². The molecule has 0 unspecified atom stereocenters. The van der Waals surface area contributed by atoms with Crippen LogP contribution < -0.4 is 9.47 Å². The summed E-state index contributed by atoms with van der Waals surface area (Å²) in [4.78, 5) is 3.19. The average molecular weight is 448 g/mol. The standard InChI is InChI=1S/C22H26BrNO2S/c1-3-25-20-14-18(22(27)24-11-5-4-6-12-24)13-19(23)21(20)26-15-17-9-7-16(2)8-10-17/h7-10,13-14H,3-6,11-12,15H2,1-2H3. The molecule has 2 aromatic carbocycles. The van der Waals surface area contributed by atoms with Gasteiger partial charge in [0.2, 0.25) is 0 Å². The van der Waals surface area contributed by atoms with Gasteiger partial charge in [0.1, 0.15) is 11.6 Å². The van der Waals surface area contributed by atoms with E-state index in [1.807, 2.05) is 19.1 Å². The van der Waals surface area contributed by atoms with Crippen LogP contribution in [0.3, 0.4) is 0 Å². The van der Waals surface area contributed by atoms with Crippen LogP contribution in [0.4, 0.5) is 0 Å². The number of benzene rings is 2. The van der Waals surface area contributed by atoms with E-state index in [9.17, 15) is 0 Å². The second kappa shape index (κ2) is 9.56. The van der Waals surface area contributed by atoms with Crippen LogP contribution in [-0.2, 0) is 6.61 Å². The summed E-state index contributed by atoms with van der Waals surface area (Å²) in [5.41, 5.74) is 3.37. The summed E-state index contributed by atoms with van der Waals surface area (Å²) in [6, 6.07) is 12.4. The van der Waals surface area contributed by atoms with E-state index >= 15 is 0 Å². The zero-order valence-electron chi connectivity index (χ0n) is 16.0. The first-order chi connectivity index (χ1) is 13.1. The van der Waals surface area contributed by atoms with Crippen molar-refractivity contribution < 1.29 is 9.47 Å². The maximum absolute atomic E-state index is 6.10. The zero-order valence-corrected chi connectivity index (χ0v) is 18.4. The molecular formula is C22H26BrNO2S. The number of likely N-dealkylation sites (tertiary alicyclic amines) is 1. The van der Waals surface area contributed by atoms with Gasteiger partial charge in [-0.3, -0.25) is 0 Å². The largest absolute Gasteiger partial charge is 0.490 e. The lowest BCUT2D eigenvalue weighted by Crippen LogP contribution is -2.34. The summed E-state index contributed by atoms with van der Waals surface area (Å²) >= 11 is 9.41. The van der Waals surface area contributed by atoms with Crippen molar-refractivity contribution in [1.82, 2.24) is 4.90 Å². The van der Waals surface area contributed by atoms with Gasteiger partial charge >= 0.3 is 0 Å². The predicted molar refractivity (Wildman–Crippen MR) is 118 cm³/mol. The monoisotopic (exact) mass is 447 g/mol. The van der Waals surface area contributed by atoms with Gasteiger partial charge in [-0.2, -0.15) is 0 Å². The molecule has 0 atom stereocenters. The predicted octanol–water partition coefficient (Wildman–Crippen LogP) is 5.90. The summed E-state index contributed by atoms with van der Waals surface area (Å²) in [5.74, 6) is 1.45. The Morgan fingerprint density at radius 2 is 1.78 bits per heavy atom. The van der Waals surface area contributed by atoms with E-state index in [4.69, 9.17) is 21.7 Å². The Bertz CT molecular complexity index is 786. The van der Waals surface area contributed by atoms with Crippen LogP contribution in [0.25, 0.3) is 0 Å². The quantitative estimate of drug-likeness (QED) is 0.513. The molecule has 0 bridgehead atoms. The van der Waals surface area contributed by atoms with Crippen LogP contribution in [-0.4, -0.2) is 29.6 Å². The van der Waals surface area contributed by atoms with Crippen LogP contribution >= 0.6 is 28.1 Å². The Hall–Kier alpha value is -1.59. The lowest BCUT2D eigenvalue weighted by atomic mass is 10.1. The molecule has 5 heteroatoms. The van der Waals surface area contributed by atoms with Crippen molar-refractivity contribution in [3.63, 3.8) is 0 Å². The molecule has 0 N–H and O–H groups in total. The Morgan fingerprint density at radius 3 is 2.44 bits per heavy atom. The summed E-state index contributed by atoms with van der Waals surface area (Å²) in [7, 11) is 0. The Balaban J connectivity index is 1.80. The van der Waals surface area contributed by atoms with Crippen LogP contribution in [0.1, 0.15) is 42.9 Å². The fourth-order valence-corrected chi connectivity index (χ4v) is 4.07. The first-order valence-corrected chi connectivity index (χ1v) is 10.7. The van der Waals surface area contributed by atoms with E-state index in [-0.39, 0.29) is 0 Å². The number of rotatable bonds is 6. The highest BCUT2D eigenvalue weighted by atomic mass is 79.9. The van der Waals surface area contributed by atoms with Gasteiger partial charge in [0.15, 0.2) is 11.5 Å². The molecule has 1 fully saturated rings. The Kier molecular flexibility index (Phi) is 7.13. The third-order valence-electron chi connectivity index (χ3n) is 4.70. The maximum atomic E-state index is 6.10. The molecule has 0 radical (unpaired) electrons. The van der Waals surface area contributed by atoms with Crippen LogP contribution in [0, 0.1) is 6.92 Å². The van der Waals surface area contributed by atoms with Gasteiger partial charge in [0.25, 0.3) is 0 Å². The second-order valence-electron chi connectivity index (χ2n) is 6.85. The van der Waals surface area contributed by atoms with Crippen molar-refractivity contribution in [2.24, 2.45) is 0 Å².